The molecule has 1 aromatic heterocycles. The molecule has 2 aliphatic heterocycles. The van der Waals surface area contributed by atoms with Crippen LogP contribution in [0, 0.1) is 12.7 Å². The van der Waals surface area contributed by atoms with Gasteiger partial charge in [0.2, 0.25) is 0 Å². The summed E-state index contributed by atoms with van der Waals surface area (Å²) in [6, 6.07) is 11.8. The highest BCUT2D eigenvalue weighted by Crippen LogP contribution is 2.41. The number of hydrogen-bond acceptors (Lipinski definition) is 5. The van der Waals surface area contributed by atoms with E-state index in [-0.39, 0.29) is 29.1 Å². The van der Waals surface area contributed by atoms with Crippen LogP contribution >= 0.6 is 0 Å². The molecule has 0 atom stereocenters. The van der Waals surface area contributed by atoms with Crippen LogP contribution in [0.4, 0.5) is 10.1 Å². The summed E-state index contributed by atoms with van der Waals surface area (Å²) in [7, 11) is -2.94. The second-order valence-corrected chi connectivity index (χ2v) is 11.5. The molecule has 1 fully saturated rings. The van der Waals surface area contributed by atoms with Gasteiger partial charge in [0.05, 0.1) is 22.6 Å². The molecule has 3 N–H and O–H groups in total. The van der Waals surface area contributed by atoms with Crippen molar-refractivity contribution in [1.82, 2.24) is 15.2 Å². The summed E-state index contributed by atoms with van der Waals surface area (Å²) in [5, 5.41) is 5.73. The molecule has 0 aliphatic carbocycles. The number of benzene rings is 2. The van der Waals surface area contributed by atoms with Crippen molar-refractivity contribution in [2.45, 2.75) is 6.92 Å². The van der Waals surface area contributed by atoms with Gasteiger partial charge in [-0.2, -0.15) is 0 Å². The van der Waals surface area contributed by atoms with Gasteiger partial charge in [0.15, 0.2) is 9.84 Å². The van der Waals surface area contributed by atoms with E-state index in [4.69, 9.17) is 0 Å². The molecule has 3 heterocycles. The summed E-state index contributed by atoms with van der Waals surface area (Å²) in [4.78, 5) is 30.8. The Balaban J connectivity index is 1.35. The first-order valence-corrected chi connectivity index (χ1v) is 13.9. The minimum Gasteiger partial charge on any atom is -0.361 e. The van der Waals surface area contributed by atoms with Crippen molar-refractivity contribution in [3.8, 4) is 11.1 Å². The fourth-order valence-corrected chi connectivity index (χ4v) is 6.01. The lowest BCUT2D eigenvalue weighted by Crippen LogP contribution is -2.43. The Hall–Kier alpha value is -3.76. The van der Waals surface area contributed by atoms with Gasteiger partial charge in [0, 0.05) is 54.9 Å². The monoisotopic (exact) mass is 522 g/mol. The summed E-state index contributed by atoms with van der Waals surface area (Å²) in [6.45, 7) is 3.69. The van der Waals surface area contributed by atoms with Crippen LogP contribution in [0.1, 0.15) is 27.2 Å². The summed E-state index contributed by atoms with van der Waals surface area (Å²) in [5.41, 5.74) is 4.33. The predicted octanol–water partition coefficient (Wildman–Crippen LogP) is 3.08. The minimum absolute atomic E-state index is 0.144. The maximum absolute atomic E-state index is 14.6. The van der Waals surface area contributed by atoms with Crippen LogP contribution in [0.5, 0.6) is 0 Å². The number of amides is 2. The Morgan fingerprint density at radius 2 is 1.84 bits per heavy atom. The van der Waals surface area contributed by atoms with E-state index >= 15 is 0 Å². The number of fused-ring (bicyclic) bond motifs is 1. The van der Waals surface area contributed by atoms with Crippen molar-refractivity contribution in [2.75, 3.05) is 43.0 Å². The zero-order chi connectivity index (χ0) is 26.2. The van der Waals surface area contributed by atoms with Crippen LogP contribution in [0.15, 0.2) is 48.7 Å². The largest absolute Gasteiger partial charge is 0.361 e. The number of hydrogen-bond donors (Lipinski definition) is 3. The molecule has 37 heavy (non-hydrogen) atoms. The molecular formula is C27H27FN4O4S. The van der Waals surface area contributed by atoms with E-state index in [1.165, 1.54) is 6.07 Å². The molecule has 0 saturated carbocycles. The zero-order valence-corrected chi connectivity index (χ0v) is 21.1. The average molecular weight is 523 g/mol. The van der Waals surface area contributed by atoms with Gasteiger partial charge in [-0.25, -0.2) is 12.8 Å². The van der Waals surface area contributed by atoms with Gasteiger partial charge >= 0.3 is 0 Å². The number of carbonyl (C=O) groups is 2. The van der Waals surface area contributed by atoms with Gasteiger partial charge in [-0.1, -0.05) is 30.3 Å². The first-order chi connectivity index (χ1) is 17.7. The SMILES string of the molecule is Cc1c(C(=O)NCCN2CCS(=O)(=O)CC2)c[nH]c1/C=C1\C(=O)Nc2cccc(-c3ccccc3F)c21. The molecule has 1 saturated heterocycles. The van der Waals surface area contributed by atoms with Crippen LogP contribution in [-0.2, 0) is 14.6 Å². The smallest absolute Gasteiger partial charge is 0.256 e. The molecule has 3 aromatic rings. The lowest BCUT2D eigenvalue weighted by Gasteiger charge is -2.26. The lowest BCUT2D eigenvalue weighted by atomic mass is 9.94. The summed E-state index contributed by atoms with van der Waals surface area (Å²) in [6.07, 6.45) is 3.28. The Kier molecular flexibility index (Phi) is 6.70. The van der Waals surface area contributed by atoms with Crippen molar-refractivity contribution < 1.29 is 22.4 Å². The first kappa shape index (κ1) is 24.9. The Morgan fingerprint density at radius 1 is 1.11 bits per heavy atom. The average Bonchev–Trinajstić information content (AvgIpc) is 3.39. The zero-order valence-electron chi connectivity index (χ0n) is 20.3. The quantitative estimate of drug-likeness (QED) is 0.431. The molecule has 2 aliphatic rings. The van der Waals surface area contributed by atoms with Crippen LogP contribution in [0.2, 0.25) is 0 Å². The number of rotatable bonds is 6. The summed E-state index contributed by atoms with van der Waals surface area (Å²) < 4.78 is 37.8. The molecule has 8 nitrogen and oxygen atoms in total. The molecule has 0 spiro atoms. The number of anilines is 1. The molecular weight excluding hydrogens is 495 g/mol. The third kappa shape index (κ3) is 5.07. The normalized spacial score (nSPS) is 18.0. The Bertz CT molecular complexity index is 1510. The van der Waals surface area contributed by atoms with E-state index in [0.29, 0.717) is 71.0 Å². The maximum atomic E-state index is 14.6. The number of carbonyl (C=O) groups excluding carboxylic acids is 2. The minimum atomic E-state index is -2.94. The van der Waals surface area contributed by atoms with Crippen molar-refractivity contribution in [3.05, 3.63) is 76.9 Å². The van der Waals surface area contributed by atoms with E-state index in [0.717, 1.165) is 0 Å². The van der Waals surface area contributed by atoms with E-state index in [9.17, 15) is 22.4 Å². The van der Waals surface area contributed by atoms with E-state index in [2.05, 4.69) is 15.6 Å². The van der Waals surface area contributed by atoms with Crippen LogP contribution < -0.4 is 10.6 Å². The van der Waals surface area contributed by atoms with E-state index < -0.39 is 9.84 Å². The summed E-state index contributed by atoms with van der Waals surface area (Å²) >= 11 is 0. The third-order valence-corrected chi connectivity index (χ3v) is 8.46. The number of nitrogens with one attached hydrogen (secondary N) is 3. The highest BCUT2D eigenvalue weighted by molar-refractivity contribution is 7.91. The Labute approximate surface area is 214 Å². The molecule has 0 radical (unpaired) electrons. The van der Waals surface area contributed by atoms with Gasteiger partial charge in [0.25, 0.3) is 11.8 Å². The van der Waals surface area contributed by atoms with Gasteiger partial charge in [-0.05, 0) is 36.3 Å². The van der Waals surface area contributed by atoms with Crippen LogP contribution in [-0.4, -0.2) is 67.8 Å². The number of aromatic amines is 1. The number of halogens is 1. The predicted molar refractivity (Wildman–Crippen MR) is 141 cm³/mol. The number of nitrogens with zero attached hydrogens (tertiary/aromatic N) is 1. The van der Waals surface area contributed by atoms with Gasteiger partial charge < -0.3 is 15.6 Å². The maximum Gasteiger partial charge on any atom is 0.256 e. The molecule has 2 amide bonds. The first-order valence-electron chi connectivity index (χ1n) is 12.0. The fourth-order valence-electron chi connectivity index (χ4n) is 4.73. The molecule has 10 heteroatoms. The van der Waals surface area contributed by atoms with Crippen molar-refractivity contribution in [1.29, 1.82) is 0 Å². The van der Waals surface area contributed by atoms with Gasteiger partial charge in [0.1, 0.15) is 5.82 Å². The topological polar surface area (TPSA) is 111 Å². The summed E-state index contributed by atoms with van der Waals surface area (Å²) in [5.74, 6) is -0.652. The van der Waals surface area contributed by atoms with Crippen molar-refractivity contribution in [3.63, 3.8) is 0 Å². The second-order valence-electron chi connectivity index (χ2n) is 9.21. The van der Waals surface area contributed by atoms with Crippen LogP contribution in [0.25, 0.3) is 22.8 Å². The molecule has 0 bridgehead atoms. The highest BCUT2D eigenvalue weighted by atomic mass is 32.2. The van der Waals surface area contributed by atoms with E-state index in [1.54, 1.807) is 55.6 Å². The highest BCUT2D eigenvalue weighted by Gasteiger charge is 2.29. The standard InChI is InChI=1S/C27H27FN4O4S/c1-17-21(26(33)29-9-10-32-11-13-37(35,36)14-12-32)16-30-24(17)15-20-25-19(18-5-2-3-7-22(18)28)6-4-8-23(25)31-27(20)34/h2-8,15-16,30H,9-14H2,1H3,(H,29,33)(H,31,34)/b20-15-. The van der Waals surface area contributed by atoms with Crippen molar-refractivity contribution >= 4 is 39.0 Å². The lowest BCUT2D eigenvalue weighted by molar-refractivity contribution is -0.110. The number of sulfone groups is 1. The molecule has 5 rings (SSSR count). The van der Waals surface area contributed by atoms with E-state index in [1.807, 2.05) is 4.90 Å². The third-order valence-electron chi connectivity index (χ3n) is 6.85. The second kappa shape index (κ2) is 9.95. The fraction of sp³-hybridized carbons (Fsp3) is 0.259. The van der Waals surface area contributed by atoms with Gasteiger partial charge in [-0.15, -0.1) is 0 Å². The van der Waals surface area contributed by atoms with Crippen LogP contribution in [0.3, 0.4) is 0 Å². The van der Waals surface area contributed by atoms with Crippen molar-refractivity contribution in [2.24, 2.45) is 0 Å². The molecule has 2 aromatic carbocycles. The Morgan fingerprint density at radius 3 is 2.59 bits per heavy atom. The molecule has 0 unspecified atom stereocenters. The number of H-pyrrole nitrogens is 1. The molecule has 192 valence electrons. The number of aromatic nitrogens is 1. The van der Waals surface area contributed by atoms with Gasteiger partial charge in [-0.3, -0.25) is 14.5 Å².